The van der Waals surface area contributed by atoms with Crippen molar-refractivity contribution in [1.29, 1.82) is 0 Å². The third-order valence-electron chi connectivity index (χ3n) is 6.71. The predicted molar refractivity (Wildman–Crippen MR) is 128 cm³/mol. The van der Waals surface area contributed by atoms with Gasteiger partial charge in [0.05, 0.1) is 18.1 Å². The first-order valence-electron chi connectivity index (χ1n) is 11.8. The van der Waals surface area contributed by atoms with E-state index in [1.165, 1.54) is 0 Å². The highest BCUT2D eigenvalue weighted by Gasteiger charge is 2.29. The van der Waals surface area contributed by atoms with E-state index in [1.807, 2.05) is 24.7 Å². The van der Waals surface area contributed by atoms with Gasteiger partial charge in [0.1, 0.15) is 11.6 Å². The molecule has 1 N–H and O–H groups in total. The fourth-order valence-electron chi connectivity index (χ4n) is 4.51. The third-order valence-corrected chi connectivity index (χ3v) is 6.71. The van der Waals surface area contributed by atoms with Crippen LogP contribution in [-0.2, 0) is 11.2 Å². The fraction of sp³-hybridized carbons (Fsp3) is 0.462. The van der Waals surface area contributed by atoms with Crippen LogP contribution in [0.2, 0.25) is 0 Å². The number of anilines is 1. The van der Waals surface area contributed by atoms with Crippen LogP contribution >= 0.6 is 0 Å². The standard InChI is InChI=1S/C26H31N5O/c1-17(2)31-9-7-22(8-10-31)29-26-16-27-15-24(30-26)19-5-6-20-14-28-23(12-21(20)11-19)13-25(32)18-3-4-18/h5-6,11-12,14-18,22H,3-4,7-10,13H2,1-2H3,(H,29,30). The van der Waals surface area contributed by atoms with E-state index in [4.69, 9.17) is 4.98 Å². The molecule has 3 heterocycles. The number of aromatic nitrogens is 3. The molecule has 0 radical (unpaired) electrons. The van der Waals surface area contributed by atoms with Crippen LogP contribution in [0.5, 0.6) is 0 Å². The second-order valence-corrected chi connectivity index (χ2v) is 9.49. The van der Waals surface area contributed by atoms with Crippen molar-refractivity contribution in [2.45, 2.75) is 58.0 Å². The minimum Gasteiger partial charge on any atom is -0.366 e. The number of likely N-dealkylation sites (tertiary alicyclic amines) is 1. The minimum atomic E-state index is 0.266. The molecule has 2 fully saturated rings. The van der Waals surface area contributed by atoms with E-state index in [-0.39, 0.29) is 5.92 Å². The van der Waals surface area contributed by atoms with Crippen LogP contribution in [0, 0.1) is 5.92 Å². The number of carbonyl (C=O) groups is 1. The average molecular weight is 430 g/mol. The first-order chi connectivity index (χ1) is 15.5. The number of benzene rings is 1. The van der Waals surface area contributed by atoms with E-state index >= 15 is 0 Å². The van der Waals surface area contributed by atoms with E-state index in [1.54, 1.807) is 0 Å². The highest BCUT2D eigenvalue weighted by Crippen LogP contribution is 2.31. The Hall–Kier alpha value is -2.86. The number of nitrogens with zero attached hydrogens (tertiary/aromatic N) is 4. The summed E-state index contributed by atoms with van der Waals surface area (Å²) in [5.41, 5.74) is 2.72. The van der Waals surface area contributed by atoms with Crippen molar-refractivity contribution >= 4 is 22.4 Å². The van der Waals surface area contributed by atoms with Gasteiger partial charge in [-0.1, -0.05) is 12.1 Å². The molecule has 0 atom stereocenters. The lowest BCUT2D eigenvalue weighted by Crippen LogP contribution is -2.42. The minimum absolute atomic E-state index is 0.266. The average Bonchev–Trinajstić information content (AvgIpc) is 3.65. The number of rotatable bonds is 7. The van der Waals surface area contributed by atoms with E-state index in [9.17, 15) is 4.79 Å². The van der Waals surface area contributed by atoms with Crippen LogP contribution < -0.4 is 5.32 Å². The van der Waals surface area contributed by atoms with Gasteiger partial charge in [-0.05, 0) is 57.0 Å². The van der Waals surface area contributed by atoms with Gasteiger partial charge in [0, 0.05) is 60.4 Å². The number of ketones is 1. The molecule has 0 unspecified atom stereocenters. The van der Waals surface area contributed by atoms with Gasteiger partial charge in [-0.25, -0.2) is 4.98 Å². The van der Waals surface area contributed by atoms with Gasteiger partial charge in [0.15, 0.2) is 0 Å². The summed E-state index contributed by atoms with van der Waals surface area (Å²) in [5, 5.41) is 5.73. The number of pyridine rings is 1. The van der Waals surface area contributed by atoms with E-state index in [0.717, 1.165) is 72.3 Å². The van der Waals surface area contributed by atoms with Gasteiger partial charge >= 0.3 is 0 Å². The molecular weight excluding hydrogens is 398 g/mol. The summed E-state index contributed by atoms with van der Waals surface area (Å²) >= 11 is 0. The molecule has 1 aromatic carbocycles. The normalized spacial score (nSPS) is 17.7. The van der Waals surface area contributed by atoms with Crippen molar-refractivity contribution in [2.75, 3.05) is 18.4 Å². The zero-order chi connectivity index (χ0) is 22.1. The van der Waals surface area contributed by atoms with E-state index in [0.29, 0.717) is 24.3 Å². The van der Waals surface area contributed by atoms with Crippen LogP contribution in [0.25, 0.3) is 22.0 Å². The Balaban J connectivity index is 1.31. The summed E-state index contributed by atoms with van der Waals surface area (Å²) < 4.78 is 0. The Kier molecular flexibility index (Phi) is 5.87. The molecule has 6 nitrogen and oxygen atoms in total. The quantitative estimate of drug-likeness (QED) is 0.596. The molecule has 2 aromatic heterocycles. The zero-order valence-electron chi connectivity index (χ0n) is 18.9. The Morgan fingerprint density at radius 2 is 1.88 bits per heavy atom. The largest absolute Gasteiger partial charge is 0.366 e. The second kappa shape index (κ2) is 8.94. The van der Waals surface area contributed by atoms with Crippen LogP contribution in [0.1, 0.15) is 45.2 Å². The Bertz CT molecular complexity index is 1120. The lowest BCUT2D eigenvalue weighted by molar-refractivity contribution is -0.119. The van der Waals surface area contributed by atoms with Crippen LogP contribution in [0.15, 0.2) is 42.9 Å². The fourth-order valence-corrected chi connectivity index (χ4v) is 4.51. The lowest BCUT2D eigenvalue weighted by atomic mass is 10.0. The highest BCUT2D eigenvalue weighted by atomic mass is 16.1. The van der Waals surface area contributed by atoms with Crippen LogP contribution in [0.3, 0.4) is 0 Å². The zero-order valence-corrected chi connectivity index (χ0v) is 18.9. The monoisotopic (exact) mass is 429 g/mol. The molecule has 1 saturated heterocycles. The summed E-state index contributed by atoms with van der Waals surface area (Å²) in [4.78, 5) is 28.5. The number of fused-ring (bicyclic) bond motifs is 1. The molecule has 3 aromatic rings. The molecule has 32 heavy (non-hydrogen) atoms. The maximum absolute atomic E-state index is 12.2. The molecule has 166 valence electrons. The summed E-state index contributed by atoms with van der Waals surface area (Å²) in [6, 6.07) is 9.33. The third kappa shape index (κ3) is 4.80. The maximum atomic E-state index is 12.2. The first-order valence-corrected chi connectivity index (χ1v) is 11.8. The van der Waals surface area contributed by atoms with Crippen molar-refractivity contribution in [3.63, 3.8) is 0 Å². The van der Waals surface area contributed by atoms with Crippen molar-refractivity contribution in [3.05, 3.63) is 48.5 Å². The smallest absolute Gasteiger partial charge is 0.145 e. The Labute approximate surface area is 189 Å². The van der Waals surface area contributed by atoms with Crippen LogP contribution in [-0.4, -0.2) is 50.8 Å². The molecule has 5 rings (SSSR count). The van der Waals surface area contributed by atoms with Gasteiger partial charge in [-0.2, -0.15) is 0 Å². The molecule has 0 bridgehead atoms. The van der Waals surface area contributed by atoms with Crippen molar-refractivity contribution < 1.29 is 4.79 Å². The summed E-state index contributed by atoms with van der Waals surface area (Å²) in [6.45, 7) is 6.76. The number of hydrogen-bond acceptors (Lipinski definition) is 6. The summed E-state index contributed by atoms with van der Waals surface area (Å²) in [6.07, 6.45) is 10.2. The van der Waals surface area contributed by atoms with E-state index in [2.05, 4.69) is 52.2 Å². The first kappa shape index (κ1) is 21.0. The molecule has 0 amide bonds. The van der Waals surface area contributed by atoms with Crippen molar-refractivity contribution in [3.8, 4) is 11.3 Å². The highest BCUT2D eigenvalue weighted by molar-refractivity contribution is 5.89. The SMILES string of the molecule is CC(C)N1CCC(Nc2cncc(-c3ccc4cnc(CC(=O)C5CC5)cc4c3)n2)CC1. The topological polar surface area (TPSA) is 71.0 Å². The van der Waals surface area contributed by atoms with Crippen molar-refractivity contribution in [1.82, 2.24) is 19.9 Å². The molecule has 1 aliphatic heterocycles. The number of nitrogens with one attached hydrogen (secondary N) is 1. The number of Topliss-reactive ketones (excluding diaryl/α,β-unsaturated/α-hetero) is 1. The van der Waals surface area contributed by atoms with Crippen molar-refractivity contribution in [2.24, 2.45) is 5.92 Å². The number of hydrogen-bond donors (Lipinski definition) is 1. The van der Waals surface area contributed by atoms with Gasteiger partial charge in [-0.15, -0.1) is 0 Å². The van der Waals surface area contributed by atoms with Gasteiger partial charge < -0.3 is 10.2 Å². The maximum Gasteiger partial charge on any atom is 0.145 e. The molecular formula is C26H31N5O. The molecule has 6 heteroatoms. The number of carbonyl (C=O) groups excluding carboxylic acids is 1. The van der Waals surface area contributed by atoms with E-state index < -0.39 is 0 Å². The molecule has 1 aliphatic carbocycles. The van der Waals surface area contributed by atoms with Gasteiger partial charge in [0.2, 0.25) is 0 Å². The Morgan fingerprint density at radius 1 is 1.06 bits per heavy atom. The second-order valence-electron chi connectivity index (χ2n) is 9.49. The Morgan fingerprint density at radius 3 is 2.62 bits per heavy atom. The van der Waals surface area contributed by atoms with Gasteiger partial charge in [0.25, 0.3) is 0 Å². The summed E-state index contributed by atoms with van der Waals surface area (Å²) in [7, 11) is 0. The number of piperidine rings is 1. The molecule has 2 aliphatic rings. The molecule has 1 saturated carbocycles. The summed E-state index contributed by atoms with van der Waals surface area (Å²) in [5.74, 6) is 1.41. The lowest BCUT2D eigenvalue weighted by Gasteiger charge is -2.35. The molecule has 0 spiro atoms. The van der Waals surface area contributed by atoms with Crippen LogP contribution in [0.4, 0.5) is 5.82 Å². The predicted octanol–water partition coefficient (Wildman–Crippen LogP) is 4.50. The van der Waals surface area contributed by atoms with Gasteiger partial charge in [-0.3, -0.25) is 14.8 Å².